The SMILES string of the molecule is COc1cc(C)c(/C=N\C2Cc3sccc3CN2C=O)cc1OCc1cc(CBr)cc(OS)c1. The molecule has 1 amide bonds. The van der Waals surface area contributed by atoms with Gasteiger partial charge in [0.05, 0.1) is 7.11 Å². The van der Waals surface area contributed by atoms with Crippen molar-refractivity contribution in [3.63, 3.8) is 0 Å². The smallest absolute Gasteiger partial charge is 0.211 e. The van der Waals surface area contributed by atoms with Crippen LogP contribution in [0.1, 0.15) is 32.7 Å². The van der Waals surface area contributed by atoms with Gasteiger partial charge in [-0.05, 0) is 70.5 Å². The number of nitrogens with zero attached hydrogens (tertiary/aromatic N) is 2. The van der Waals surface area contributed by atoms with Crippen molar-refractivity contribution >= 4 is 52.8 Å². The van der Waals surface area contributed by atoms with Crippen LogP contribution in [0.25, 0.3) is 0 Å². The van der Waals surface area contributed by atoms with Crippen molar-refractivity contribution in [3.05, 3.63) is 74.5 Å². The van der Waals surface area contributed by atoms with Gasteiger partial charge in [0.1, 0.15) is 18.5 Å². The van der Waals surface area contributed by atoms with Crippen LogP contribution in [0.4, 0.5) is 0 Å². The number of alkyl halides is 1. The normalized spacial score (nSPS) is 15.3. The van der Waals surface area contributed by atoms with E-state index in [4.69, 9.17) is 18.6 Å². The topological polar surface area (TPSA) is 60.4 Å². The number of thiol groups is 1. The highest BCUT2D eigenvalue weighted by atomic mass is 79.9. The highest BCUT2D eigenvalue weighted by Crippen LogP contribution is 2.32. The fourth-order valence-electron chi connectivity index (χ4n) is 3.88. The molecule has 0 spiro atoms. The Hall–Kier alpha value is -2.49. The summed E-state index contributed by atoms with van der Waals surface area (Å²) in [4.78, 5) is 19.4. The van der Waals surface area contributed by atoms with Gasteiger partial charge in [-0.3, -0.25) is 9.79 Å². The van der Waals surface area contributed by atoms with Crippen molar-refractivity contribution < 1.29 is 18.5 Å². The Bertz CT molecular complexity index is 1180. The third-order valence-electron chi connectivity index (χ3n) is 5.69. The number of aryl methyl sites for hydroxylation is 1. The van der Waals surface area contributed by atoms with Crippen molar-refractivity contribution in [2.45, 2.75) is 38.0 Å². The minimum atomic E-state index is -0.221. The van der Waals surface area contributed by atoms with Crippen molar-refractivity contribution in [2.24, 2.45) is 4.99 Å². The molecule has 1 aromatic heterocycles. The molecule has 1 unspecified atom stereocenters. The molecule has 0 saturated carbocycles. The fraction of sp³-hybridized carbons (Fsp3) is 0.280. The monoisotopic (exact) mass is 560 g/mol. The maximum absolute atomic E-state index is 11.6. The molecule has 0 radical (unpaired) electrons. The lowest BCUT2D eigenvalue weighted by Crippen LogP contribution is -2.37. The van der Waals surface area contributed by atoms with Gasteiger partial charge in [-0.2, -0.15) is 0 Å². The van der Waals surface area contributed by atoms with E-state index in [0.29, 0.717) is 35.7 Å². The summed E-state index contributed by atoms with van der Waals surface area (Å²) < 4.78 is 16.8. The zero-order valence-corrected chi connectivity index (χ0v) is 22.2. The van der Waals surface area contributed by atoms with E-state index >= 15 is 0 Å². The van der Waals surface area contributed by atoms with Gasteiger partial charge in [0.2, 0.25) is 6.41 Å². The maximum Gasteiger partial charge on any atom is 0.211 e. The summed E-state index contributed by atoms with van der Waals surface area (Å²) in [7, 11) is 1.62. The molecule has 0 bridgehead atoms. The van der Waals surface area contributed by atoms with Crippen molar-refractivity contribution in [2.75, 3.05) is 7.11 Å². The van der Waals surface area contributed by atoms with Crippen LogP contribution in [0.2, 0.25) is 0 Å². The molecule has 34 heavy (non-hydrogen) atoms. The summed E-state index contributed by atoms with van der Waals surface area (Å²) in [6, 6.07) is 11.8. The zero-order chi connectivity index (χ0) is 24.1. The first-order valence-corrected chi connectivity index (χ1v) is 13.0. The second-order valence-electron chi connectivity index (χ2n) is 7.97. The summed E-state index contributed by atoms with van der Waals surface area (Å²) in [5.41, 5.74) is 5.14. The summed E-state index contributed by atoms with van der Waals surface area (Å²) in [5, 5.41) is 2.77. The molecule has 2 aromatic carbocycles. The third kappa shape index (κ3) is 5.59. The van der Waals surface area contributed by atoms with E-state index in [9.17, 15) is 4.79 Å². The standard InChI is InChI=1S/C25H25BrN2O4S2/c1-16-5-22(30-2)23(31-14-18-6-17(11-26)7-21(8-18)32-33)9-20(16)12-27-25-10-24-19(3-4-34-24)13-28(25)15-29/h3-9,12,15,25,33H,10-11,13-14H2,1-2H3/b27-12-. The van der Waals surface area contributed by atoms with E-state index in [1.807, 2.05) is 43.5 Å². The lowest BCUT2D eigenvalue weighted by atomic mass is 10.1. The largest absolute Gasteiger partial charge is 0.493 e. The predicted octanol–water partition coefficient (Wildman–Crippen LogP) is 5.72. The van der Waals surface area contributed by atoms with Crippen LogP contribution in [0.3, 0.4) is 0 Å². The van der Waals surface area contributed by atoms with Gasteiger partial charge < -0.3 is 18.6 Å². The number of rotatable bonds is 9. The van der Waals surface area contributed by atoms with E-state index < -0.39 is 0 Å². The minimum absolute atomic E-state index is 0.221. The molecule has 6 nitrogen and oxygen atoms in total. The van der Waals surface area contributed by atoms with Crippen LogP contribution >= 0.6 is 40.2 Å². The summed E-state index contributed by atoms with van der Waals surface area (Å²) in [6.07, 6.45) is 3.20. The molecule has 2 heterocycles. The molecule has 0 aliphatic carbocycles. The number of fused-ring (bicyclic) bond motifs is 1. The molecular weight excluding hydrogens is 536 g/mol. The van der Waals surface area contributed by atoms with Gasteiger partial charge in [0.15, 0.2) is 11.5 Å². The average molecular weight is 562 g/mol. The summed E-state index contributed by atoms with van der Waals surface area (Å²) >= 11 is 9.11. The van der Waals surface area contributed by atoms with E-state index in [1.165, 1.54) is 10.4 Å². The van der Waals surface area contributed by atoms with Crippen LogP contribution < -0.4 is 13.7 Å². The molecule has 3 aromatic rings. The lowest BCUT2D eigenvalue weighted by Gasteiger charge is -2.29. The number of hydrogen-bond donors (Lipinski definition) is 1. The van der Waals surface area contributed by atoms with Gasteiger partial charge in [0.25, 0.3) is 0 Å². The number of amides is 1. The number of ether oxygens (including phenoxy) is 2. The van der Waals surface area contributed by atoms with Crippen LogP contribution in [-0.2, 0) is 29.7 Å². The fourth-order valence-corrected chi connectivity index (χ4v) is 5.23. The number of aliphatic imine (C=N–C) groups is 1. The second-order valence-corrected chi connectivity index (χ2v) is 9.71. The molecule has 1 atom stereocenters. The first kappa shape index (κ1) is 24.6. The van der Waals surface area contributed by atoms with Gasteiger partial charge in [0, 0.05) is 42.3 Å². The third-order valence-corrected chi connectivity index (χ3v) is 7.54. The zero-order valence-electron chi connectivity index (χ0n) is 18.9. The van der Waals surface area contributed by atoms with Crippen molar-refractivity contribution in [3.8, 4) is 17.2 Å². The van der Waals surface area contributed by atoms with Crippen molar-refractivity contribution in [1.29, 1.82) is 0 Å². The average Bonchev–Trinajstić information content (AvgIpc) is 3.33. The number of benzene rings is 2. The molecule has 9 heteroatoms. The highest BCUT2D eigenvalue weighted by molar-refractivity contribution is 9.08. The molecule has 4 rings (SSSR count). The Balaban J connectivity index is 1.55. The number of carbonyl (C=O) groups is 1. The van der Waals surface area contributed by atoms with Crippen molar-refractivity contribution in [1.82, 2.24) is 4.90 Å². The molecule has 1 aliphatic heterocycles. The van der Waals surface area contributed by atoms with Gasteiger partial charge in [-0.1, -0.05) is 22.0 Å². The van der Waals surface area contributed by atoms with Gasteiger partial charge in [-0.25, -0.2) is 0 Å². The Morgan fingerprint density at radius 2 is 2.06 bits per heavy atom. The minimum Gasteiger partial charge on any atom is -0.493 e. The Kier molecular flexibility index (Phi) is 8.18. The lowest BCUT2D eigenvalue weighted by molar-refractivity contribution is -0.121. The Labute approximate surface area is 217 Å². The predicted molar refractivity (Wildman–Crippen MR) is 142 cm³/mol. The highest BCUT2D eigenvalue weighted by Gasteiger charge is 2.25. The van der Waals surface area contributed by atoms with E-state index in [0.717, 1.165) is 35.1 Å². The molecule has 0 N–H and O–H groups in total. The second kappa shape index (κ2) is 11.3. The van der Waals surface area contributed by atoms with Crippen LogP contribution in [0, 0.1) is 6.92 Å². The van der Waals surface area contributed by atoms with Gasteiger partial charge in [-0.15, -0.1) is 11.3 Å². The first-order valence-electron chi connectivity index (χ1n) is 10.7. The molecular formula is C25H25BrN2O4S2. The number of thiophene rings is 1. The summed E-state index contributed by atoms with van der Waals surface area (Å²) in [6.45, 7) is 2.93. The van der Waals surface area contributed by atoms with Crippen LogP contribution in [0.5, 0.6) is 17.2 Å². The molecule has 0 saturated heterocycles. The molecule has 178 valence electrons. The van der Waals surface area contributed by atoms with E-state index in [-0.39, 0.29) is 6.17 Å². The quantitative estimate of drug-likeness (QED) is 0.119. The van der Waals surface area contributed by atoms with Crippen LogP contribution in [0.15, 0.2) is 46.8 Å². The van der Waals surface area contributed by atoms with Gasteiger partial charge >= 0.3 is 0 Å². The number of methoxy groups -OCH3 is 1. The first-order chi connectivity index (χ1) is 16.5. The Morgan fingerprint density at radius 1 is 1.24 bits per heavy atom. The molecule has 0 fully saturated rings. The number of hydrogen-bond acceptors (Lipinski definition) is 7. The number of carbonyl (C=O) groups excluding carboxylic acids is 1. The number of halogens is 1. The van der Waals surface area contributed by atoms with E-state index in [1.54, 1.807) is 23.3 Å². The maximum atomic E-state index is 11.6. The summed E-state index contributed by atoms with van der Waals surface area (Å²) in [5.74, 6) is 1.92. The van der Waals surface area contributed by atoms with E-state index in [2.05, 4.69) is 40.3 Å². The molecule has 1 aliphatic rings. The Morgan fingerprint density at radius 3 is 2.79 bits per heavy atom. The van der Waals surface area contributed by atoms with Crippen LogP contribution in [-0.4, -0.2) is 30.8 Å².